The highest BCUT2D eigenvalue weighted by Crippen LogP contribution is 2.07. The van der Waals surface area contributed by atoms with Crippen LogP contribution >= 0.6 is 11.8 Å². The molecule has 2 nitrogen and oxygen atoms in total. The molecule has 0 aromatic carbocycles. The summed E-state index contributed by atoms with van der Waals surface area (Å²) in [6.07, 6.45) is 0. The van der Waals surface area contributed by atoms with Crippen LogP contribution in [0, 0.1) is 0 Å². The molecule has 1 saturated heterocycles. The summed E-state index contributed by atoms with van der Waals surface area (Å²) in [5.41, 5.74) is 0. The van der Waals surface area contributed by atoms with Gasteiger partial charge >= 0.3 is 0 Å². The smallest absolute Gasteiger partial charge is 0.0593 e. The Morgan fingerprint density at radius 2 is 1.85 bits per heavy atom. The minimum Gasteiger partial charge on any atom is -0.380 e. The monoisotopic (exact) mass is 205 g/mol. The van der Waals surface area contributed by atoms with Crippen molar-refractivity contribution in [2.75, 3.05) is 44.4 Å². The van der Waals surface area contributed by atoms with E-state index >= 15 is 0 Å². The van der Waals surface area contributed by atoms with E-state index in [9.17, 15) is 0 Å². The van der Waals surface area contributed by atoms with E-state index < -0.39 is 0 Å². The normalized spacial score (nSPS) is 17.8. The van der Waals surface area contributed by atoms with Gasteiger partial charge in [-0.25, -0.2) is 0 Å². The lowest BCUT2D eigenvalue weighted by Gasteiger charge is -2.25. The summed E-state index contributed by atoms with van der Waals surface area (Å²) in [6.45, 7) is 11.4. The zero-order valence-electron chi connectivity index (χ0n) is 9.21. The highest BCUT2D eigenvalue weighted by Gasteiger charge is 2.08. The molecule has 0 atom stereocenters. The van der Waals surface area contributed by atoms with Gasteiger partial charge in [0.15, 0.2) is 0 Å². The van der Waals surface area contributed by atoms with Gasteiger partial charge in [0.25, 0.3) is 0 Å². The van der Waals surface area contributed by atoms with Crippen molar-refractivity contribution in [2.45, 2.75) is 20.8 Å². The molecule has 1 heterocycles. The Balaban J connectivity index is 0.000000671. The van der Waals surface area contributed by atoms with Gasteiger partial charge in [-0.2, -0.15) is 11.8 Å². The van der Waals surface area contributed by atoms with Crippen LogP contribution in [0.15, 0.2) is 0 Å². The van der Waals surface area contributed by atoms with Crippen LogP contribution in [0.2, 0.25) is 0 Å². The number of hydrogen-bond acceptors (Lipinski definition) is 3. The summed E-state index contributed by atoms with van der Waals surface area (Å²) in [5, 5.41) is 0. The second-order valence-corrected chi connectivity index (χ2v) is 3.88. The van der Waals surface area contributed by atoms with Crippen LogP contribution in [-0.2, 0) is 4.74 Å². The van der Waals surface area contributed by atoms with Crippen LogP contribution < -0.4 is 0 Å². The summed E-state index contributed by atoms with van der Waals surface area (Å²) < 4.78 is 5.29. The van der Waals surface area contributed by atoms with Crippen LogP contribution in [0.3, 0.4) is 0 Å². The van der Waals surface area contributed by atoms with Crippen LogP contribution in [0.25, 0.3) is 0 Å². The molecule has 0 bridgehead atoms. The molecule has 0 unspecified atom stereocenters. The second-order valence-electron chi connectivity index (χ2n) is 2.65. The van der Waals surface area contributed by atoms with Gasteiger partial charge in [0, 0.05) is 37.7 Å². The molecule has 0 N–H and O–H groups in total. The van der Waals surface area contributed by atoms with Gasteiger partial charge in [-0.15, -0.1) is 0 Å². The quantitative estimate of drug-likeness (QED) is 0.652. The zero-order chi connectivity index (χ0) is 9.94. The first kappa shape index (κ1) is 13.3. The van der Waals surface area contributed by atoms with Crippen LogP contribution in [0.5, 0.6) is 0 Å². The Labute approximate surface area is 87.0 Å². The molecule has 0 aromatic rings. The molecule has 0 aromatic heterocycles. The summed E-state index contributed by atoms with van der Waals surface area (Å²) in [5.74, 6) is 2.60. The lowest BCUT2D eigenvalue weighted by Crippen LogP contribution is -2.35. The van der Waals surface area contributed by atoms with E-state index in [1.807, 2.05) is 20.8 Å². The third-order valence-corrected chi connectivity index (χ3v) is 2.80. The van der Waals surface area contributed by atoms with Crippen molar-refractivity contribution >= 4 is 11.8 Å². The maximum absolute atomic E-state index is 5.29. The first-order valence-electron chi connectivity index (χ1n) is 5.31. The minimum atomic E-state index is 0.850. The van der Waals surface area contributed by atoms with E-state index in [4.69, 9.17) is 4.74 Å². The lowest BCUT2D eigenvalue weighted by atomic mass is 10.5. The van der Waals surface area contributed by atoms with Crippen LogP contribution in [0.1, 0.15) is 20.8 Å². The van der Waals surface area contributed by atoms with Crippen molar-refractivity contribution in [3.05, 3.63) is 0 Å². The fourth-order valence-corrected chi connectivity index (χ4v) is 2.14. The number of nitrogens with zero attached hydrogens (tertiary/aromatic N) is 1. The molecule has 1 aliphatic rings. The van der Waals surface area contributed by atoms with Crippen LogP contribution in [-0.4, -0.2) is 49.3 Å². The minimum absolute atomic E-state index is 0.850. The number of thioether (sulfide) groups is 1. The van der Waals surface area contributed by atoms with Crippen molar-refractivity contribution in [3.8, 4) is 0 Å². The largest absolute Gasteiger partial charge is 0.380 e. The van der Waals surface area contributed by atoms with E-state index in [0.29, 0.717) is 0 Å². The molecular weight excluding hydrogens is 182 g/mol. The molecule has 0 saturated carbocycles. The summed E-state index contributed by atoms with van der Waals surface area (Å²) >= 11 is 2.06. The van der Waals surface area contributed by atoms with Crippen molar-refractivity contribution in [2.24, 2.45) is 0 Å². The Morgan fingerprint density at radius 3 is 2.38 bits per heavy atom. The van der Waals surface area contributed by atoms with Gasteiger partial charge in [0.2, 0.25) is 0 Å². The maximum Gasteiger partial charge on any atom is 0.0593 e. The molecule has 3 heteroatoms. The fourth-order valence-electron chi connectivity index (χ4n) is 1.16. The Morgan fingerprint density at radius 1 is 1.23 bits per heavy atom. The predicted octanol–water partition coefficient (Wildman–Crippen LogP) is 2.10. The number of ether oxygens (including phenoxy) is 1. The van der Waals surface area contributed by atoms with Crippen molar-refractivity contribution in [1.82, 2.24) is 4.90 Å². The Kier molecular flexibility index (Phi) is 10.6. The molecule has 0 radical (unpaired) electrons. The van der Waals surface area contributed by atoms with E-state index in [0.717, 1.165) is 19.8 Å². The SMILES string of the molecule is CC.CCOCCN1CCSCC1. The average molecular weight is 205 g/mol. The Hall–Kier alpha value is 0.270. The second kappa shape index (κ2) is 10.4. The first-order valence-corrected chi connectivity index (χ1v) is 6.47. The van der Waals surface area contributed by atoms with Gasteiger partial charge in [-0.05, 0) is 6.92 Å². The van der Waals surface area contributed by atoms with Gasteiger partial charge < -0.3 is 4.74 Å². The average Bonchev–Trinajstić information content (AvgIpc) is 2.23. The molecule has 0 amide bonds. The number of hydrogen-bond donors (Lipinski definition) is 0. The van der Waals surface area contributed by atoms with Gasteiger partial charge in [-0.1, -0.05) is 13.8 Å². The molecule has 1 aliphatic heterocycles. The van der Waals surface area contributed by atoms with E-state index in [1.165, 1.54) is 24.6 Å². The molecule has 1 fully saturated rings. The third-order valence-electron chi connectivity index (χ3n) is 1.86. The summed E-state index contributed by atoms with van der Waals surface area (Å²) in [4.78, 5) is 2.48. The zero-order valence-corrected chi connectivity index (χ0v) is 10.0. The fraction of sp³-hybridized carbons (Fsp3) is 1.00. The topological polar surface area (TPSA) is 12.5 Å². The highest BCUT2D eigenvalue weighted by atomic mass is 32.2. The van der Waals surface area contributed by atoms with Gasteiger partial charge in [0.1, 0.15) is 0 Å². The Bertz CT molecular complexity index is 94.9. The van der Waals surface area contributed by atoms with Gasteiger partial charge in [-0.3, -0.25) is 4.90 Å². The molecule has 1 rings (SSSR count). The number of rotatable bonds is 4. The van der Waals surface area contributed by atoms with Crippen molar-refractivity contribution in [1.29, 1.82) is 0 Å². The standard InChI is InChI=1S/C8H17NOS.C2H6/c1-2-10-6-3-9-4-7-11-8-5-9;1-2/h2-8H2,1H3;1-2H3. The van der Waals surface area contributed by atoms with Crippen LogP contribution in [0.4, 0.5) is 0 Å². The van der Waals surface area contributed by atoms with E-state index in [2.05, 4.69) is 16.7 Å². The molecule has 0 aliphatic carbocycles. The third kappa shape index (κ3) is 7.35. The first-order chi connectivity index (χ1) is 6.43. The molecule has 80 valence electrons. The highest BCUT2D eigenvalue weighted by molar-refractivity contribution is 7.99. The van der Waals surface area contributed by atoms with E-state index in [-0.39, 0.29) is 0 Å². The molecular formula is C10H23NOS. The summed E-state index contributed by atoms with van der Waals surface area (Å²) in [6, 6.07) is 0. The predicted molar refractivity (Wildman–Crippen MR) is 61.6 cm³/mol. The lowest BCUT2D eigenvalue weighted by molar-refractivity contribution is 0.117. The summed E-state index contributed by atoms with van der Waals surface area (Å²) in [7, 11) is 0. The van der Waals surface area contributed by atoms with E-state index in [1.54, 1.807) is 0 Å². The van der Waals surface area contributed by atoms with Crippen molar-refractivity contribution in [3.63, 3.8) is 0 Å². The molecule has 13 heavy (non-hydrogen) atoms. The maximum atomic E-state index is 5.29. The van der Waals surface area contributed by atoms with Gasteiger partial charge in [0.05, 0.1) is 6.61 Å². The van der Waals surface area contributed by atoms with Crippen molar-refractivity contribution < 1.29 is 4.74 Å². The molecule has 0 spiro atoms.